The molecule has 152 valence electrons. The van der Waals surface area contributed by atoms with Crippen molar-refractivity contribution in [3.63, 3.8) is 0 Å². The van der Waals surface area contributed by atoms with Gasteiger partial charge in [-0.3, -0.25) is 0 Å². The Balaban J connectivity index is 1.30. The molecule has 5 heteroatoms. The third-order valence-corrected chi connectivity index (χ3v) is 7.90. The summed E-state index contributed by atoms with van der Waals surface area (Å²) >= 11 is 0. The van der Waals surface area contributed by atoms with Crippen molar-refractivity contribution >= 4 is 6.03 Å². The molecule has 0 spiro atoms. The highest BCUT2D eigenvalue weighted by molar-refractivity contribution is 5.76. The van der Waals surface area contributed by atoms with E-state index in [0.717, 1.165) is 54.8 Å². The number of halogens is 1. The Labute approximate surface area is 171 Å². The lowest BCUT2D eigenvalue weighted by atomic mass is 9.53. The summed E-state index contributed by atoms with van der Waals surface area (Å²) in [6.45, 7) is 1.47. The van der Waals surface area contributed by atoms with Gasteiger partial charge in [0.2, 0.25) is 0 Å². The molecular weight excluding hydrogens is 365 g/mol. The summed E-state index contributed by atoms with van der Waals surface area (Å²) in [7, 11) is 0. The maximum absolute atomic E-state index is 13.6. The minimum absolute atomic E-state index is 0.00137. The highest BCUT2D eigenvalue weighted by Gasteiger charge is 2.52. The lowest BCUT2D eigenvalue weighted by Crippen LogP contribution is -2.62. The Kier molecular flexibility index (Phi) is 3.84. The van der Waals surface area contributed by atoms with Crippen molar-refractivity contribution in [3.05, 3.63) is 59.7 Å². The summed E-state index contributed by atoms with van der Waals surface area (Å²) in [6.07, 6.45) is 9.61. The molecule has 1 atom stereocenters. The van der Waals surface area contributed by atoms with Gasteiger partial charge in [-0.1, -0.05) is 12.1 Å². The van der Waals surface area contributed by atoms with Crippen molar-refractivity contribution in [2.24, 2.45) is 17.8 Å². The van der Waals surface area contributed by atoms with Crippen molar-refractivity contribution in [3.8, 4) is 0 Å². The predicted molar refractivity (Wildman–Crippen MR) is 109 cm³/mol. The van der Waals surface area contributed by atoms with Crippen LogP contribution in [0.5, 0.6) is 0 Å². The van der Waals surface area contributed by atoms with Gasteiger partial charge >= 0.3 is 6.03 Å². The molecule has 1 aliphatic heterocycles. The molecule has 1 aromatic heterocycles. The van der Waals surface area contributed by atoms with Gasteiger partial charge in [-0.25, -0.2) is 9.18 Å². The second kappa shape index (κ2) is 6.35. The number of nitrogens with zero attached hydrogens (tertiary/aromatic N) is 2. The molecule has 4 nitrogen and oxygen atoms in total. The van der Waals surface area contributed by atoms with Crippen molar-refractivity contribution in [2.45, 2.75) is 56.7 Å². The zero-order chi connectivity index (χ0) is 19.6. The van der Waals surface area contributed by atoms with Gasteiger partial charge in [0.05, 0.1) is 6.04 Å². The quantitative estimate of drug-likeness (QED) is 0.788. The average molecular weight is 394 g/mol. The third-order valence-electron chi connectivity index (χ3n) is 7.90. The van der Waals surface area contributed by atoms with Crippen LogP contribution in [0.1, 0.15) is 55.8 Å². The lowest BCUT2D eigenvalue weighted by molar-refractivity contribution is -0.0165. The molecule has 4 fully saturated rings. The van der Waals surface area contributed by atoms with Crippen LogP contribution in [0.25, 0.3) is 0 Å². The smallest absolute Gasteiger partial charge is 0.318 e. The van der Waals surface area contributed by atoms with Crippen LogP contribution in [-0.2, 0) is 6.54 Å². The Bertz CT molecular complexity index is 899. The normalized spacial score (nSPS) is 34.9. The number of amides is 2. The number of hydrogen-bond acceptors (Lipinski definition) is 1. The first kappa shape index (κ1) is 17.5. The van der Waals surface area contributed by atoms with Crippen LogP contribution in [0.2, 0.25) is 0 Å². The Morgan fingerprint density at radius 3 is 2.28 bits per heavy atom. The summed E-state index contributed by atoms with van der Waals surface area (Å²) in [5, 5.41) is 3.53. The largest absolute Gasteiger partial charge is 0.348 e. The number of carbonyl (C=O) groups excluding carboxylic acids is 1. The van der Waals surface area contributed by atoms with E-state index in [0.29, 0.717) is 6.54 Å². The van der Waals surface area contributed by atoms with E-state index in [-0.39, 0.29) is 23.4 Å². The fourth-order valence-electron chi connectivity index (χ4n) is 7.16. The van der Waals surface area contributed by atoms with E-state index >= 15 is 0 Å². The van der Waals surface area contributed by atoms with Crippen LogP contribution in [-0.4, -0.2) is 27.6 Å². The molecule has 1 aromatic carbocycles. The fraction of sp³-hybridized carbons (Fsp3) is 0.542. The summed E-state index contributed by atoms with van der Waals surface area (Å²) < 4.78 is 15.7. The van der Waals surface area contributed by atoms with Crippen LogP contribution in [0, 0.1) is 23.6 Å². The van der Waals surface area contributed by atoms with Gasteiger partial charge in [-0.15, -0.1) is 0 Å². The molecule has 0 radical (unpaired) electrons. The Hall–Kier alpha value is -2.30. The number of urea groups is 1. The molecule has 5 aliphatic rings. The zero-order valence-corrected chi connectivity index (χ0v) is 16.7. The van der Waals surface area contributed by atoms with E-state index in [1.807, 2.05) is 23.1 Å². The zero-order valence-electron chi connectivity index (χ0n) is 16.7. The van der Waals surface area contributed by atoms with E-state index < -0.39 is 0 Å². The first-order valence-corrected chi connectivity index (χ1v) is 11.1. The molecule has 7 rings (SSSR count). The van der Waals surface area contributed by atoms with Gasteiger partial charge in [0.1, 0.15) is 5.82 Å². The lowest BCUT2D eigenvalue weighted by Gasteiger charge is -2.57. The minimum Gasteiger partial charge on any atom is -0.348 e. The molecule has 1 unspecified atom stereocenters. The van der Waals surface area contributed by atoms with Gasteiger partial charge in [-0.05, 0) is 86.1 Å². The van der Waals surface area contributed by atoms with E-state index in [9.17, 15) is 9.18 Å². The highest BCUT2D eigenvalue weighted by atomic mass is 19.1. The van der Waals surface area contributed by atoms with Crippen LogP contribution in [0.3, 0.4) is 0 Å². The van der Waals surface area contributed by atoms with E-state index in [2.05, 4.69) is 22.1 Å². The van der Waals surface area contributed by atoms with E-state index in [4.69, 9.17) is 0 Å². The Morgan fingerprint density at radius 2 is 1.62 bits per heavy atom. The highest BCUT2D eigenvalue weighted by Crippen LogP contribution is 2.55. The number of rotatable bonds is 2. The maximum atomic E-state index is 13.6. The number of fused-ring (bicyclic) bond motifs is 1. The van der Waals surface area contributed by atoms with E-state index in [1.165, 1.54) is 31.4 Å². The monoisotopic (exact) mass is 393 g/mol. The molecule has 2 amide bonds. The molecule has 29 heavy (non-hydrogen) atoms. The Morgan fingerprint density at radius 1 is 0.966 bits per heavy atom. The van der Waals surface area contributed by atoms with Crippen molar-refractivity contribution in [1.29, 1.82) is 0 Å². The topological polar surface area (TPSA) is 37.3 Å². The summed E-state index contributed by atoms with van der Waals surface area (Å²) in [5.41, 5.74) is 2.06. The fourth-order valence-corrected chi connectivity index (χ4v) is 7.16. The summed E-state index contributed by atoms with van der Waals surface area (Å²) in [6, 6.07) is 10.6. The van der Waals surface area contributed by atoms with Gasteiger partial charge in [0.15, 0.2) is 0 Å². The molecule has 4 saturated carbocycles. The number of aromatic nitrogens is 1. The number of hydrogen-bond donors (Lipinski definition) is 1. The predicted octanol–water partition coefficient (Wildman–Crippen LogP) is 4.71. The molecule has 2 aromatic rings. The van der Waals surface area contributed by atoms with Crippen molar-refractivity contribution in [2.75, 3.05) is 6.54 Å². The first-order valence-electron chi connectivity index (χ1n) is 11.1. The van der Waals surface area contributed by atoms with E-state index in [1.54, 1.807) is 0 Å². The third kappa shape index (κ3) is 2.89. The molecule has 1 N–H and O–H groups in total. The molecule has 2 heterocycles. The van der Waals surface area contributed by atoms with Crippen molar-refractivity contribution in [1.82, 2.24) is 14.8 Å². The SMILES string of the molecule is O=C(NC12CC3CC(CC(C3)C1)C2)N1CCn2cccc2C1c1ccc(F)cc1. The average Bonchev–Trinajstić information content (AvgIpc) is 3.15. The van der Waals surface area contributed by atoms with Crippen molar-refractivity contribution < 1.29 is 9.18 Å². The second-order valence-electron chi connectivity index (χ2n) is 9.90. The van der Waals surface area contributed by atoms with Gasteiger partial charge in [0, 0.05) is 30.5 Å². The van der Waals surface area contributed by atoms with Crippen LogP contribution < -0.4 is 5.32 Å². The van der Waals surface area contributed by atoms with Gasteiger partial charge in [-0.2, -0.15) is 0 Å². The first-order chi connectivity index (χ1) is 14.1. The minimum atomic E-state index is -0.246. The van der Waals surface area contributed by atoms with Gasteiger partial charge < -0.3 is 14.8 Å². The standard InChI is InChI=1S/C24H28FN3O/c25-20-5-3-19(4-6-20)22-21-2-1-7-27(21)8-9-28(22)23(29)26-24-13-16-10-17(14-24)12-18(11-16)15-24/h1-7,16-18,22H,8-15H2,(H,26,29). The summed E-state index contributed by atoms with van der Waals surface area (Å²) in [4.78, 5) is 15.6. The maximum Gasteiger partial charge on any atom is 0.318 e. The number of carbonyl (C=O) groups is 1. The number of benzene rings is 1. The molecule has 4 bridgehead atoms. The molecular formula is C24H28FN3O. The number of nitrogens with one attached hydrogen (secondary N) is 1. The second-order valence-corrected chi connectivity index (χ2v) is 9.90. The van der Waals surface area contributed by atoms with Crippen LogP contribution in [0.15, 0.2) is 42.6 Å². The molecule has 4 aliphatic carbocycles. The summed E-state index contributed by atoms with van der Waals surface area (Å²) in [5.74, 6) is 2.15. The van der Waals surface area contributed by atoms with Crippen LogP contribution in [0.4, 0.5) is 9.18 Å². The molecule has 0 saturated heterocycles. The van der Waals surface area contributed by atoms with Gasteiger partial charge in [0.25, 0.3) is 0 Å². The van der Waals surface area contributed by atoms with Crippen LogP contribution >= 0.6 is 0 Å².